The molecule has 1 N–H and O–H groups in total. The average Bonchev–Trinajstić information content (AvgIpc) is 2.77. The standard InChI is InChI=1S/C22H30N4O4/c1-22(28)5-8-25(9-6-22)21(27)26-12-10-24(11-13-26)20-17-15-19(30-3)18(29-2)14-16(17)4-7-23-20/h4,7,14-15,28H,5-6,8-13H2,1-3H3. The van der Waals surface area contributed by atoms with Gasteiger partial charge >= 0.3 is 6.03 Å². The highest BCUT2D eigenvalue weighted by Gasteiger charge is 2.33. The second-order valence-corrected chi connectivity index (χ2v) is 8.30. The summed E-state index contributed by atoms with van der Waals surface area (Å²) in [5, 5.41) is 12.2. The third kappa shape index (κ3) is 3.96. The minimum Gasteiger partial charge on any atom is -0.493 e. The van der Waals surface area contributed by atoms with Gasteiger partial charge in [-0.05, 0) is 43.4 Å². The molecule has 8 heteroatoms. The lowest BCUT2D eigenvalue weighted by Crippen LogP contribution is -2.55. The highest BCUT2D eigenvalue weighted by Crippen LogP contribution is 2.36. The van der Waals surface area contributed by atoms with Crippen LogP contribution in [0.2, 0.25) is 0 Å². The number of likely N-dealkylation sites (tertiary alicyclic amines) is 1. The van der Waals surface area contributed by atoms with Crippen LogP contribution in [0.15, 0.2) is 24.4 Å². The molecule has 8 nitrogen and oxygen atoms in total. The van der Waals surface area contributed by atoms with E-state index in [1.807, 2.05) is 34.9 Å². The summed E-state index contributed by atoms with van der Waals surface area (Å²) in [5.41, 5.74) is -0.654. The second kappa shape index (κ2) is 8.18. The second-order valence-electron chi connectivity index (χ2n) is 8.30. The normalized spacial score (nSPS) is 19.1. The average molecular weight is 415 g/mol. The number of carbonyl (C=O) groups excluding carboxylic acids is 1. The molecule has 2 aliphatic rings. The zero-order valence-corrected chi connectivity index (χ0v) is 17.9. The fraction of sp³-hybridized carbons (Fsp3) is 0.545. The summed E-state index contributed by atoms with van der Waals surface area (Å²) < 4.78 is 10.9. The number of hydrogen-bond acceptors (Lipinski definition) is 6. The number of amides is 2. The molecule has 0 bridgehead atoms. The molecule has 2 amide bonds. The van der Waals surface area contributed by atoms with Crippen LogP contribution in [-0.2, 0) is 0 Å². The number of rotatable bonds is 3. The topological polar surface area (TPSA) is 78.4 Å². The van der Waals surface area contributed by atoms with Crippen molar-refractivity contribution in [1.82, 2.24) is 14.8 Å². The number of benzene rings is 1. The third-order valence-electron chi connectivity index (χ3n) is 6.21. The molecule has 30 heavy (non-hydrogen) atoms. The SMILES string of the molecule is COc1cc2ccnc(N3CCN(C(=O)N4CCC(C)(O)CC4)CC3)c2cc1OC. The van der Waals surface area contributed by atoms with Crippen LogP contribution in [0.4, 0.5) is 10.6 Å². The van der Waals surface area contributed by atoms with Crippen LogP contribution in [-0.4, -0.2) is 85.0 Å². The lowest BCUT2D eigenvalue weighted by Gasteiger charge is -2.41. The molecule has 2 aliphatic heterocycles. The highest BCUT2D eigenvalue weighted by atomic mass is 16.5. The summed E-state index contributed by atoms with van der Waals surface area (Å²) >= 11 is 0. The maximum absolute atomic E-state index is 12.9. The maximum atomic E-state index is 12.9. The monoisotopic (exact) mass is 414 g/mol. The number of ether oxygens (including phenoxy) is 2. The van der Waals surface area contributed by atoms with Gasteiger partial charge in [0.1, 0.15) is 5.82 Å². The van der Waals surface area contributed by atoms with Crippen molar-refractivity contribution in [2.45, 2.75) is 25.4 Å². The Labute approximate surface area is 177 Å². The van der Waals surface area contributed by atoms with Gasteiger partial charge in [0.05, 0.1) is 19.8 Å². The van der Waals surface area contributed by atoms with Crippen LogP contribution in [0.25, 0.3) is 10.8 Å². The zero-order chi connectivity index (χ0) is 21.3. The highest BCUT2D eigenvalue weighted by molar-refractivity contribution is 5.94. The molecular weight excluding hydrogens is 384 g/mol. The van der Waals surface area contributed by atoms with Gasteiger partial charge < -0.3 is 29.3 Å². The van der Waals surface area contributed by atoms with E-state index in [4.69, 9.17) is 9.47 Å². The van der Waals surface area contributed by atoms with Crippen molar-refractivity contribution in [2.75, 3.05) is 58.4 Å². The van der Waals surface area contributed by atoms with Crippen molar-refractivity contribution >= 4 is 22.6 Å². The molecule has 1 aromatic heterocycles. The third-order valence-corrected chi connectivity index (χ3v) is 6.21. The zero-order valence-electron chi connectivity index (χ0n) is 17.9. The molecule has 2 aromatic rings. The predicted octanol–water partition coefficient (Wildman–Crippen LogP) is 2.34. The number of piperazine rings is 1. The first-order chi connectivity index (χ1) is 14.4. The number of methoxy groups -OCH3 is 2. The van der Waals surface area contributed by atoms with Gasteiger partial charge in [-0.1, -0.05) is 0 Å². The number of pyridine rings is 1. The Balaban J connectivity index is 1.46. The number of anilines is 1. The van der Waals surface area contributed by atoms with Gasteiger partial charge in [-0.2, -0.15) is 0 Å². The summed E-state index contributed by atoms with van der Waals surface area (Å²) in [5.74, 6) is 2.27. The van der Waals surface area contributed by atoms with Crippen LogP contribution in [0.5, 0.6) is 11.5 Å². The van der Waals surface area contributed by atoms with E-state index in [0.29, 0.717) is 50.5 Å². The number of fused-ring (bicyclic) bond motifs is 1. The van der Waals surface area contributed by atoms with Gasteiger partial charge in [-0.3, -0.25) is 0 Å². The van der Waals surface area contributed by atoms with Crippen LogP contribution in [0.1, 0.15) is 19.8 Å². The molecule has 0 aliphatic carbocycles. The van der Waals surface area contributed by atoms with Gasteiger partial charge in [-0.25, -0.2) is 9.78 Å². The first-order valence-electron chi connectivity index (χ1n) is 10.4. The number of aromatic nitrogens is 1. The fourth-order valence-corrected chi connectivity index (χ4v) is 4.23. The van der Waals surface area contributed by atoms with E-state index in [1.54, 1.807) is 20.4 Å². The summed E-state index contributed by atoms with van der Waals surface area (Å²) in [6, 6.07) is 5.96. The fourth-order valence-electron chi connectivity index (χ4n) is 4.23. The Bertz CT molecular complexity index is 915. The smallest absolute Gasteiger partial charge is 0.320 e. The molecule has 0 saturated carbocycles. The molecule has 0 radical (unpaired) electrons. The van der Waals surface area contributed by atoms with Crippen molar-refractivity contribution in [3.8, 4) is 11.5 Å². The van der Waals surface area contributed by atoms with Crippen LogP contribution < -0.4 is 14.4 Å². The predicted molar refractivity (Wildman–Crippen MR) is 115 cm³/mol. The molecular formula is C22H30N4O4. The van der Waals surface area contributed by atoms with Crippen LogP contribution in [0.3, 0.4) is 0 Å². The Kier molecular flexibility index (Phi) is 5.60. The summed E-state index contributed by atoms with van der Waals surface area (Å²) in [6.07, 6.45) is 3.06. The lowest BCUT2D eigenvalue weighted by atomic mass is 9.94. The van der Waals surface area contributed by atoms with Gasteiger partial charge in [0.15, 0.2) is 11.5 Å². The molecule has 0 atom stereocenters. The van der Waals surface area contributed by atoms with Crippen molar-refractivity contribution < 1.29 is 19.4 Å². The molecule has 3 heterocycles. The van der Waals surface area contributed by atoms with Crippen LogP contribution in [0, 0.1) is 0 Å². The number of aliphatic hydroxyl groups is 1. The van der Waals surface area contributed by atoms with Gasteiger partial charge in [0.25, 0.3) is 0 Å². The largest absolute Gasteiger partial charge is 0.493 e. The lowest BCUT2D eigenvalue weighted by molar-refractivity contribution is 0.000462. The number of piperidine rings is 1. The number of hydrogen-bond donors (Lipinski definition) is 1. The van der Waals surface area contributed by atoms with E-state index in [0.717, 1.165) is 29.7 Å². The summed E-state index contributed by atoms with van der Waals surface area (Å²) in [4.78, 5) is 23.5. The van der Waals surface area contributed by atoms with Crippen molar-refractivity contribution in [1.29, 1.82) is 0 Å². The Morgan fingerprint density at radius 2 is 1.60 bits per heavy atom. The van der Waals surface area contributed by atoms with Gasteiger partial charge in [0.2, 0.25) is 0 Å². The van der Waals surface area contributed by atoms with Crippen molar-refractivity contribution in [3.05, 3.63) is 24.4 Å². The van der Waals surface area contributed by atoms with Gasteiger partial charge in [-0.15, -0.1) is 0 Å². The van der Waals surface area contributed by atoms with E-state index in [9.17, 15) is 9.90 Å². The van der Waals surface area contributed by atoms with E-state index in [-0.39, 0.29) is 6.03 Å². The Hall–Kier alpha value is -2.74. The minimum atomic E-state index is -0.654. The number of urea groups is 1. The van der Waals surface area contributed by atoms with Crippen LogP contribution >= 0.6 is 0 Å². The molecule has 2 saturated heterocycles. The summed E-state index contributed by atoms with van der Waals surface area (Å²) in [6.45, 7) is 5.80. The van der Waals surface area contributed by atoms with E-state index >= 15 is 0 Å². The maximum Gasteiger partial charge on any atom is 0.320 e. The molecule has 0 spiro atoms. The first kappa shape index (κ1) is 20.5. The van der Waals surface area contributed by atoms with Gasteiger partial charge in [0, 0.05) is 50.9 Å². The quantitative estimate of drug-likeness (QED) is 0.831. The number of carbonyl (C=O) groups is 1. The molecule has 1 aromatic carbocycles. The molecule has 4 rings (SSSR count). The van der Waals surface area contributed by atoms with Crippen molar-refractivity contribution in [3.63, 3.8) is 0 Å². The van der Waals surface area contributed by atoms with E-state index in [2.05, 4.69) is 9.88 Å². The van der Waals surface area contributed by atoms with E-state index in [1.165, 1.54) is 0 Å². The van der Waals surface area contributed by atoms with E-state index < -0.39 is 5.60 Å². The molecule has 2 fully saturated rings. The number of nitrogens with zero attached hydrogens (tertiary/aromatic N) is 4. The Morgan fingerprint density at radius 1 is 1.00 bits per heavy atom. The Morgan fingerprint density at radius 3 is 2.23 bits per heavy atom. The molecule has 162 valence electrons. The summed E-state index contributed by atoms with van der Waals surface area (Å²) in [7, 11) is 3.26. The van der Waals surface area contributed by atoms with Crippen molar-refractivity contribution in [2.24, 2.45) is 0 Å². The minimum absolute atomic E-state index is 0.0717. The molecule has 0 unspecified atom stereocenters. The first-order valence-corrected chi connectivity index (χ1v) is 10.4.